The molecule has 2 saturated carbocycles. The summed E-state index contributed by atoms with van der Waals surface area (Å²) >= 11 is 0. The van der Waals surface area contributed by atoms with E-state index in [0.717, 1.165) is 44.5 Å². The fourth-order valence-corrected chi connectivity index (χ4v) is 5.90. The van der Waals surface area contributed by atoms with Crippen LogP contribution in [0.2, 0.25) is 0 Å². The number of carbonyl (C=O) groups is 2. The van der Waals surface area contributed by atoms with Crippen LogP contribution in [0, 0.1) is 11.3 Å². The van der Waals surface area contributed by atoms with Crippen LogP contribution in [0.25, 0.3) is 0 Å². The van der Waals surface area contributed by atoms with Gasteiger partial charge < -0.3 is 9.32 Å². The summed E-state index contributed by atoms with van der Waals surface area (Å²) in [5.41, 5.74) is 0.663. The highest BCUT2D eigenvalue weighted by Crippen LogP contribution is 2.46. The largest absolute Gasteiger partial charge is 0.463 e. The van der Waals surface area contributed by atoms with E-state index in [-0.39, 0.29) is 23.0 Å². The van der Waals surface area contributed by atoms with Gasteiger partial charge in [-0.05, 0) is 56.6 Å². The summed E-state index contributed by atoms with van der Waals surface area (Å²) in [7, 11) is 0. The Morgan fingerprint density at radius 3 is 2.38 bits per heavy atom. The van der Waals surface area contributed by atoms with E-state index >= 15 is 0 Å². The molecule has 5 heteroatoms. The number of quaternary nitrogens is 1. The predicted molar refractivity (Wildman–Crippen MR) is 112 cm³/mol. The zero-order valence-electron chi connectivity index (χ0n) is 17.8. The molecule has 1 spiro atoms. The van der Waals surface area contributed by atoms with Crippen LogP contribution in [-0.2, 0) is 9.59 Å². The second kappa shape index (κ2) is 8.95. The molecular formula is C24H35N2O3+. The van der Waals surface area contributed by atoms with Crippen molar-refractivity contribution in [3.05, 3.63) is 24.2 Å². The van der Waals surface area contributed by atoms with Crippen molar-refractivity contribution in [2.75, 3.05) is 19.6 Å². The number of carbonyl (C=O) groups excluding carboxylic acids is 2. The number of likely N-dealkylation sites (tertiary alicyclic amines) is 1. The fraction of sp³-hybridized carbons (Fsp3) is 0.708. The summed E-state index contributed by atoms with van der Waals surface area (Å²) in [6.07, 6.45) is 12.2. The van der Waals surface area contributed by atoms with E-state index < -0.39 is 5.92 Å². The normalized spacial score (nSPS) is 25.5. The number of hydrogen-bond donors (Lipinski definition) is 1. The first-order chi connectivity index (χ1) is 14.1. The maximum Gasteiger partial charge on any atom is 0.166 e. The van der Waals surface area contributed by atoms with Gasteiger partial charge in [0.15, 0.2) is 11.8 Å². The van der Waals surface area contributed by atoms with Gasteiger partial charge in [-0.15, -0.1) is 0 Å². The van der Waals surface area contributed by atoms with Gasteiger partial charge in [-0.25, -0.2) is 0 Å². The van der Waals surface area contributed by atoms with E-state index in [1.54, 1.807) is 6.26 Å². The lowest BCUT2D eigenvalue weighted by Crippen LogP contribution is -3.13. The van der Waals surface area contributed by atoms with E-state index in [1.807, 2.05) is 19.1 Å². The van der Waals surface area contributed by atoms with Gasteiger partial charge in [0.25, 0.3) is 0 Å². The van der Waals surface area contributed by atoms with Gasteiger partial charge in [-0.2, -0.15) is 0 Å². The molecule has 3 aliphatic rings. The van der Waals surface area contributed by atoms with Crippen molar-refractivity contribution in [1.82, 2.24) is 0 Å². The van der Waals surface area contributed by atoms with Crippen LogP contribution in [0.5, 0.6) is 0 Å². The van der Waals surface area contributed by atoms with Crippen LogP contribution in [0.15, 0.2) is 27.8 Å². The molecule has 2 heterocycles. The van der Waals surface area contributed by atoms with Crippen LogP contribution in [0.4, 0.5) is 0 Å². The van der Waals surface area contributed by atoms with Crippen molar-refractivity contribution in [3.63, 3.8) is 0 Å². The minimum atomic E-state index is -0.615. The van der Waals surface area contributed by atoms with Crippen LogP contribution in [-0.4, -0.2) is 36.9 Å². The molecule has 2 aliphatic carbocycles. The topological polar surface area (TPSA) is 64.1 Å². The molecule has 0 bridgehead atoms. The minimum Gasteiger partial charge on any atom is -0.463 e. The summed E-state index contributed by atoms with van der Waals surface area (Å²) in [5, 5.41) is 0. The Bertz CT molecular complexity index is 720. The zero-order valence-corrected chi connectivity index (χ0v) is 17.8. The lowest BCUT2D eigenvalue weighted by atomic mass is 9.62. The average Bonchev–Trinajstić information content (AvgIpc) is 3.23. The maximum atomic E-state index is 13.0. The lowest BCUT2D eigenvalue weighted by molar-refractivity contribution is -0.935. The number of nitrogens with one attached hydrogen (secondary N) is 1. The Balaban J connectivity index is 1.46. The molecule has 0 unspecified atom stereocenters. The van der Waals surface area contributed by atoms with E-state index in [9.17, 15) is 9.59 Å². The summed E-state index contributed by atoms with van der Waals surface area (Å²) in [6, 6.07) is 4.12. The number of ketones is 2. The molecular weight excluding hydrogens is 364 g/mol. The number of rotatable bonds is 5. The van der Waals surface area contributed by atoms with Crippen molar-refractivity contribution in [3.8, 4) is 0 Å². The van der Waals surface area contributed by atoms with Crippen molar-refractivity contribution < 1.29 is 18.9 Å². The molecule has 0 aromatic carbocycles. The average molecular weight is 400 g/mol. The number of piperidine rings is 1. The molecule has 3 fully saturated rings. The highest BCUT2D eigenvalue weighted by atomic mass is 16.3. The quantitative estimate of drug-likeness (QED) is 0.610. The third-order valence-electron chi connectivity index (χ3n) is 7.47. The highest BCUT2D eigenvalue weighted by Gasteiger charge is 2.46. The van der Waals surface area contributed by atoms with Crippen LogP contribution < -0.4 is 4.90 Å². The van der Waals surface area contributed by atoms with Gasteiger partial charge in [-0.1, -0.05) is 19.3 Å². The number of aliphatic imine (C=N–C) groups is 1. The first-order valence-electron chi connectivity index (χ1n) is 11.5. The van der Waals surface area contributed by atoms with E-state index in [4.69, 9.17) is 9.41 Å². The third kappa shape index (κ3) is 4.55. The zero-order chi connectivity index (χ0) is 20.3. The molecule has 4 rings (SSSR count). The van der Waals surface area contributed by atoms with Gasteiger partial charge in [0.1, 0.15) is 17.5 Å². The molecule has 1 saturated heterocycles. The van der Waals surface area contributed by atoms with Crippen molar-refractivity contribution >= 4 is 17.3 Å². The van der Waals surface area contributed by atoms with Gasteiger partial charge in [0.05, 0.1) is 25.9 Å². The predicted octanol–water partition coefficient (Wildman–Crippen LogP) is 3.35. The van der Waals surface area contributed by atoms with Crippen LogP contribution >= 0.6 is 0 Å². The molecule has 1 aromatic heterocycles. The Morgan fingerprint density at radius 2 is 1.76 bits per heavy atom. The molecule has 1 aromatic rings. The SMILES string of the molecule is CC(=NC[C@H](c1ccco1)[NH+]1CCCCC1)C1C(=O)CC2(CCCCC2)CC1=O. The molecule has 1 aliphatic heterocycles. The third-order valence-corrected chi connectivity index (χ3v) is 7.47. The second-order valence-corrected chi connectivity index (χ2v) is 9.55. The first-order valence-corrected chi connectivity index (χ1v) is 11.5. The van der Waals surface area contributed by atoms with Crippen LogP contribution in [0.3, 0.4) is 0 Å². The van der Waals surface area contributed by atoms with E-state index in [0.29, 0.717) is 25.1 Å². The number of nitrogens with zero attached hydrogens (tertiary/aromatic N) is 1. The molecule has 1 atom stereocenters. The number of furan rings is 1. The lowest BCUT2D eigenvalue weighted by Gasteiger charge is -2.41. The van der Waals surface area contributed by atoms with Gasteiger partial charge in [0.2, 0.25) is 0 Å². The van der Waals surface area contributed by atoms with Crippen molar-refractivity contribution in [1.29, 1.82) is 0 Å². The molecule has 0 amide bonds. The molecule has 1 N–H and O–H groups in total. The van der Waals surface area contributed by atoms with Gasteiger partial charge in [0, 0.05) is 18.6 Å². The number of hydrogen-bond acceptors (Lipinski definition) is 4. The van der Waals surface area contributed by atoms with Crippen molar-refractivity contribution in [2.45, 2.75) is 77.2 Å². The standard InChI is InChI=1S/C24H34N2O3/c1-18(23-20(27)15-24(16-21(23)28)10-4-2-5-11-24)25-17-19(22-9-8-14-29-22)26-12-6-3-7-13-26/h8-9,14,19,23H,2-7,10-13,15-17H2,1H3/p+1/t19-/m1/s1. The summed E-state index contributed by atoms with van der Waals surface area (Å²) in [5.74, 6) is 0.547. The minimum absolute atomic E-state index is 0.0438. The summed E-state index contributed by atoms with van der Waals surface area (Å²) in [6.45, 7) is 4.72. The van der Waals surface area contributed by atoms with Crippen LogP contribution in [0.1, 0.15) is 82.9 Å². The molecule has 0 radical (unpaired) electrons. The first kappa shape index (κ1) is 20.5. The van der Waals surface area contributed by atoms with E-state index in [1.165, 1.54) is 30.6 Å². The highest BCUT2D eigenvalue weighted by molar-refractivity contribution is 6.21. The number of Topliss-reactive ketones (excluding diaryl/α,β-unsaturated/α-hetero) is 2. The maximum absolute atomic E-state index is 13.0. The Labute approximate surface area is 173 Å². The Kier molecular flexibility index (Phi) is 6.33. The fourth-order valence-electron chi connectivity index (χ4n) is 5.90. The van der Waals surface area contributed by atoms with Crippen molar-refractivity contribution in [2.24, 2.45) is 16.3 Å². The van der Waals surface area contributed by atoms with Gasteiger partial charge >= 0.3 is 0 Å². The molecule has 158 valence electrons. The van der Waals surface area contributed by atoms with E-state index in [2.05, 4.69) is 0 Å². The Morgan fingerprint density at radius 1 is 1.10 bits per heavy atom. The molecule has 29 heavy (non-hydrogen) atoms. The monoisotopic (exact) mass is 399 g/mol. The smallest absolute Gasteiger partial charge is 0.166 e. The summed E-state index contributed by atoms with van der Waals surface area (Å²) < 4.78 is 5.72. The van der Waals surface area contributed by atoms with Gasteiger partial charge in [-0.3, -0.25) is 14.6 Å². The Hall–Kier alpha value is -1.75. The molecule has 5 nitrogen and oxygen atoms in total. The summed E-state index contributed by atoms with van der Waals surface area (Å²) in [4.78, 5) is 32.3. The second-order valence-electron chi connectivity index (χ2n) is 9.55.